The Hall–Kier alpha value is -0.0900. The first-order valence-corrected chi connectivity index (χ1v) is 11.9. The lowest BCUT2D eigenvalue weighted by Crippen LogP contribution is -2.41. The van der Waals surface area contributed by atoms with Gasteiger partial charge < -0.3 is 10.6 Å². The number of nitrogens with zero attached hydrogens (tertiary/aromatic N) is 2. The predicted octanol–water partition coefficient (Wildman–Crippen LogP) is 3.13. The van der Waals surface area contributed by atoms with Crippen molar-refractivity contribution >= 4 is 39.8 Å². The molecule has 0 aliphatic carbocycles. The molecule has 0 aromatic rings. The van der Waals surface area contributed by atoms with Gasteiger partial charge in [0.05, 0.1) is 5.75 Å². The van der Waals surface area contributed by atoms with Crippen molar-refractivity contribution in [2.24, 2.45) is 10.4 Å². The van der Waals surface area contributed by atoms with Crippen LogP contribution in [0.1, 0.15) is 61.3 Å². The maximum absolute atomic E-state index is 11.4. The molecule has 0 unspecified atom stereocenters. The lowest BCUT2D eigenvalue weighted by Gasteiger charge is -2.30. The zero-order valence-corrected chi connectivity index (χ0v) is 21.8. The van der Waals surface area contributed by atoms with E-state index in [1.165, 1.54) is 6.26 Å². The first-order valence-electron chi connectivity index (χ1n) is 9.83. The van der Waals surface area contributed by atoms with Gasteiger partial charge in [-0.3, -0.25) is 9.89 Å². The number of hydrogen-bond acceptors (Lipinski definition) is 4. The van der Waals surface area contributed by atoms with E-state index in [2.05, 4.69) is 62.1 Å². The number of rotatable bonds is 12. The van der Waals surface area contributed by atoms with Crippen LogP contribution in [0.15, 0.2) is 4.99 Å². The van der Waals surface area contributed by atoms with E-state index in [4.69, 9.17) is 0 Å². The molecule has 0 rings (SSSR count). The summed E-state index contributed by atoms with van der Waals surface area (Å²) in [5.74, 6) is 1.01. The summed E-state index contributed by atoms with van der Waals surface area (Å²) >= 11 is 0. The minimum Gasteiger partial charge on any atom is -0.357 e. The smallest absolute Gasteiger partial charge is 0.191 e. The zero-order valence-electron chi connectivity index (χ0n) is 18.6. The third-order valence-electron chi connectivity index (χ3n) is 4.37. The molecular weight excluding hydrogens is 475 g/mol. The summed E-state index contributed by atoms with van der Waals surface area (Å²) in [5, 5.41) is 6.66. The molecule has 0 heterocycles. The maximum atomic E-state index is 11.4. The second kappa shape index (κ2) is 14.0. The maximum Gasteiger partial charge on any atom is 0.191 e. The second-order valence-corrected chi connectivity index (χ2v) is 10.7. The van der Waals surface area contributed by atoms with E-state index in [9.17, 15) is 8.42 Å². The summed E-state index contributed by atoms with van der Waals surface area (Å²) in [6.07, 6.45) is 2.96. The van der Waals surface area contributed by atoms with Crippen molar-refractivity contribution in [1.82, 2.24) is 15.5 Å². The van der Waals surface area contributed by atoms with E-state index in [-0.39, 0.29) is 35.1 Å². The van der Waals surface area contributed by atoms with E-state index in [1.54, 1.807) is 0 Å². The largest absolute Gasteiger partial charge is 0.357 e. The van der Waals surface area contributed by atoms with Gasteiger partial charge in [0.2, 0.25) is 0 Å². The van der Waals surface area contributed by atoms with E-state index in [1.807, 2.05) is 6.92 Å². The normalized spacial score (nSPS) is 13.2. The van der Waals surface area contributed by atoms with Crippen molar-refractivity contribution in [3.63, 3.8) is 0 Å². The van der Waals surface area contributed by atoms with Gasteiger partial charge >= 0.3 is 0 Å². The molecule has 164 valence electrons. The number of halogens is 1. The highest BCUT2D eigenvalue weighted by molar-refractivity contribution is 14.0. The van der Waals surface area contributed by atoms with Crippen molar-refractivity contribution in [3.05, 3.63) is 0 Å². The standard InChI is InChI=1S/C19H42N4O2S.HI/c1-9-20-18(21-12-10-13-23(16(2)3)17(4)5)22-15-19(6,7)11-14-26(8,24)25;/h16-17H,9-15H2,1-8H3,(H2,20,21,22);1H. The van der Waals surface area contributed by atoms with Crippen LogP contribution in [0.3, 0.4) is 0 Å². The Morgan fingerprint density at radius 3 is 2.11 bits per heavy atom. The lowest BCUT2D eigenvalue weighted by atomic mass is 9.90. The fourth-order valence-corrected chi connectivity index (χ4v) is 3.68. The Morgan fingerprint density at radius 1 is 1.11 bits per heavy atom. The molecule has 0 spiro atoms. The van der Waals surface area contributed by atoms with Crippen LogP contribution in [0, 0.1) is 5.41 Å². The third kappa shape index (κ3) is 15.5. The summed E-state index contributed by atoms with van der Waals surface area (Å²) in [5.41, 5.74) is -0.141. The van der Waals surface area contributed by atoms with Crippen molar-refractivity contribution in [1.29, 1.82) is 0 Å². The summed E-state index contributed by atoms with van der Waals surface area (Å²) in [7, 11) is -2.93. The summed E-state index contributed by atoms with van der Waals surface area (Å²) < 4.78 is 22.8. The van der Waals surface area contributed by atoms with Crippen LogP contribution < -0.4 is 10.6 Å². The molecule has 0 atom stereocenters. The van der Waals surface area contributed by atoms with Gasteiger partial charge in [0.15, 0.2) is 5.96 Å². The molecule has 0 bridgehead atoms. The molecule has 0 aliphatic heterocycles. The molecule has 0 aromatic carbocycles. The van der Waals surface area contributed by atoms with Crippen LogP contribution in [-0.2, 0) is 9.84 Å². The fraction of sp³-hybridized carbons (Fsp3) is 0.947. The van der Waals surface area contributed by atoms with Gasteiger partial charge in [0.25, 0.3) is 0 Å². The van der Waals surface area contributed by atoms with Crippen molar-refractivity contribution in [2.75, 3.05) is 38.2 Å². The fourth-order valence-electron chi connectivity index (χ4n) is 2.76. The Labute approximate surface area is 185 Å². The first-order chi connectivity index (χ1) is 11.9. The number of aliphatic imine (C=N–C) groups is 1. The first kappa shape index (κ1) is 29.1. The van der Waals surface area contributed by atoms with Crippen LogP contribution >= 0.6 is 24.0 Å². The average Bonchev–Trinajstić information content (AvgIpc) is 2.49. The van der Waals surface area contributed by atoms with Gasteiger partial charge in [-0.25, -0.2) is 8.42 Å². The van der Waals surface area contributed by atoms with Crippen LogP contribution in [0.5, 0.6) is 0 Å². The molecule has 0 saturated heterocycles. The van der Waals surface area contributed by atoms with Crippen LogP contribution in [-0.4, -0.2) is 69.5 Å². The topological polar surface area (TPSA) is 73.8 Å². The minimum atomic E-state index is -2.93. The quantitative estimate of drug-likeness (QED) is 0.180. The lowest BCUT2D eigenvalue weighted by molar-refractivity contribution is 0.173. The van der Waals surface area contributed by atoms with Gasteiger partial charge in [0.1, 0.15) is 9.84 Å². The Balaban J connectivity index is 0. The number of nitrogens with one attached hydrogen (secondary N) is 2. The molecule has 8 heteroatoms. The van der Waals surface area contributed by atoms with Gasteiger partial charge in [-0.1, -0.05) is 13.8 Å². The second-order valence-electron chi connectivity index (χ2n) is 8.44. The highest BCUT2D eigenvalue weighted by Gasteiger charge is 2.20. The van der Waals surface area contributed by atoms with E-state index >= 15 is 0 Å². The Morgan fingerprint density at radius 2 is 1.67 bits per heavy atom. The van der Waals surface area contributed by atoms with Crippen molar-refractivity contribution < 1.29 is 8.42 Å². The highest BCUT2D eigenvalue weighted by Crippen LogP contribution is 2.21. The molecule has 0 radical (unpaired) electrons. The SMILES string of the molecule is CCNC(=NCC(C)(C)CCS(C)(=O)=O)NCCCN(C(C)C)C(C)C.I. The summed E-state index contributed by atoms with van der Waals surface area (Å²) in [6, 6.07) is 1.10. The monoisotopic (exact) mass is 518 g/mol. The zero-order chi connectivity index (χ0) is 20.4. The molecule has 0 aromatic heterocycles. The molecule has 0 fully saturated rings. The van der Waals surface area contributed by atoms with Crippen molar-refractivity contribution in [3.8, 4) is 0 Å². The highest BCUT2D eigenvalue weighted by atomic mass is 127. The predicted molar refractivity (Wildman–Crippen MR) is 129 cm³/mol. The molecule has 2 N–H and O–H groups in total. The molecule has 0 aliphatic rings. The van der Waals surface area contributed by atoms with Crippen LogP contribution in [0.25, 0.3) is 0 Å². The Bertz CT molecular complexity index is 512. The van der Waals surface area contributed by atoms with E-state index in [0.29, 0.717) is 25.0 Å². The van der Waals surface area contributed by atoms with Crippen LogP contribution in [0.4, 0.5) is 0 Å². The van der Waals surface area contributed by atoms with Gasteiger partial charge in [-0.2, -0.15) is 0 Å². The minimum absolute atomic E-state index is 0. The van der Waals surface area contributed by atoms with Crippen LogP contribution in [0.2, 0.25) is 0 Å². The van der Waals surface area contributed by atoms with Gasteiger partial charge in [0, 0.05) is 44.5 Å². The van der Waals surface area contributed by atoms with Gasteiger partial charge in [-0.15, -0.1) is 24.0 Å². The molecule has 6 nitrogen and oxygen atoms in total. The number of sulfone groups is 1. The van der Waals surface area contributed by atoms with E-state index in [0.717, 1.165) is 32.0 Å². The number of hydrogen-bond donors (Lipinski definition) is 2. The number of guanidine groups is 1. The molecule has 0 saturated carbocycles. The van der Waals surface area contributed by atoms with Crippen molar-refractivity contribution in [2.45, 2.75) is 73.4 Å². The average molecular weight is 519 g/mol. The molecule has 27 heavy (non-hydrogen) atoms. The van der Waals surface area contributed by atoms with E-state index < -0.39 is 9.84 Å². The molecule has 0 amide bonds. The molecular formula is C19H43IN4O2S. The Kier molecular flexibility index (Phi) is 15.1. The third-order valence-corrected chi connectivity index (χ3v) is 5.32. The summed E-state index contributed by atoms with van der Waals surface area (Å²) in [4.78, 5) is 7.14. The summed E-state index contributed by atoms with van der Waals surface area (Å²) in [6.45, 7) is 18.4. The van der Waals surface area contributed by atoms with Gasteiger partial charge in [-0.05, 0) is 52.9 Å².